The Kier molecular flexibility index (Phi) is 8.46. The molecule has 1 aliphatic carbocycles. The molecule has 236 valence electrons. The van der Waals surface area contributed by atoms with Gasteiger partial charge in [0.2, 0.25) is 5.95 Å². The zero-order valence-corrected chi connectivity index (χ0v) is 25.2. The van der Waals surface area contributed by atoms with E-state index < -0.39 is 34.9 Å². The molecule has 1 saturated heterocycles. The van der Waals surface area contributed by atoms with Gasteiger partial charge in [0.15, 0.2) is 5.82 Å². The van der Waals surface area contributed by atoms with E-state index in [-0.39, 0.29) is 34.5 Å². The van der Waals surface area contributed by atoms with Crippen LogP contribution in [0.1, 0.15) is 67.2 Å². The Morgan fingerprint density at radius 3 is 2.58 bits per heavy atom. The van der Waals surface area contributed by atoms with Crippen LogP contribution in [-0.2, 0) is 0 Å². The quantitative estimate of drug-likeness (QED) is 0.211. The van der Waals surface area contributed by atoms with Gasteiger partial charge in [0.25, 0.3) is 12.3 Å². The van der Waals surface area contributed by atoms with E-state index in [1.807, 2.05) is 6.92 Å². The van der Waals surface area contributed by atoms with Gasteiger partial charge in [-0.25, -0.2) is 28.1 Å². The smallest absolute Gasteiger partial charge is 0.275 e. The van der Waals surface area contributed by atoms with E-state index in [0.29, 0.717) is 18.2 Å². The van der Waals surface area contributed by atoms with Gasteiger partial charge < -0.3 is 20.6 Å². The van der Waals surface area contributed by atoms with Crippen molar-refractivity contribution < 1.29 is 23.1 Å². The van der Waals surface area contributed by atoms with Gasteiger partial charge in [0.05, 0.1) is 46.6 Å². The van der Waals surface area contributed by atoms with Gasteiger partial charge in [-0.2, -0.15) is 5.10 Å². The van der Waals surface area contributed by atoms with Crippen LogP contribution in [0.3, 0.4) is 0 Å². The minimum atomic E-state index is -2.99. The molecule has 3 atom stereocenters. The number of rotatable bonds is 11. The first-order valence-corrected chi connectivity index (χ1v) is 14.9. The first kappa shape index (κ1) is 30.9. The van der Waals surface area contributed by atoms with Crippen molar-refractivity contribution in [1.82, 2.24) is 35.0 Å². The number of nitrogens with zero attached hydrogens (tertiary/aromatic N) is 7. The molecule has 2 aliphatic rings. The third-order valence-corrected chi connectivity index (χ3v) is 8.65. The van der Waals surface area contributed by atoms with E-state index in [2.05, 4.69) is 47.5 Å². The van der Waals surface area contributed by atoms with Gasteiger partial charge in [0.1, 0.15) is 5.69 Å². The lowest BCUT2D eigenvalue weighted by molar-refractivity contribution is 0.102. The summed E-state index contributed by atoms with van der Waals surface area (Å²) in [6.45, 7) is 5.46. The second-order valence-corrected chi connectivity index (χ2v) is 11.9. The van der Waals surface area contributed by atoms with Crippen molar-refractivity contribution in [3.8, 4) is 11.3 Å². The highest BCUT2D eigenvalue weighted by Gasteiger charge is 2.42. The van der Waals surface area contributed by atoms with Gasteiger partial charge in [-0.15, -0.1) is 0 Å². The van der Waals surface area contributed by atoms with E-state index in [0.717, 1.165) is 55.9 Å². The predicted molar refractivity (Wildman–Crippen MR) is 161 cm³/mol. The maximum atomic E-state index is 14.7. The summed E-state index contributed by atoms with van der Waals surface area (Å²) in [6, 6.07) is 2.21. The molecule has 2 unspecified atom stereocenters. The number of nitrogens with one attached hydrogen (secondary N) is 2. The molecule has 45 heavy (non-hydrogen) atoms. The zero-order chi connectivity index (χ0) is 31.9. The number of halogens is 4. The molecule has 6 rings (SSSR count). The second kappa shape index (κ2) is 12.3. The minimum absolute atomic E-state index is 0.185. The normalized spacial score (nSPS) is 18.4. The van der Waals surface area contributed by atoms with Gasteiger partial charge >= 0.3 is 0 Å². The van der Waals surface area contributed by atoms with Crippen molar-refractivity contribution in [1.29, 1.82) is 0 Å². The number of aromatic nitrogens is 6. The summed E-state index contributed by atoms with van der Waals surface area (Å²) in [6.07, 6.45) is 8.50. The van der Waals surface area contributed by atoms with Crippen LogP contribution in [0, 0.1) is 5.82 Å². The molecule has 1 aromatic carbocycles. The summed E-state index contributed by atoms with van der Waals surface area (Å²) in [5.41, 5.74) is -0.996. The molecule has 1 saturated carbocycles. The number of alkyl halides is 2. The number of hydrogen-bond donors (Lipinski definition) is 3. The molecule has 2 fully saturated rings. The molecule has 4 heterocycles. The number of amides is 1. The number of carbonyl (C=O) groups excluding carboxylic acids is 1. The summed E-state index contributed by atoms with van der Waals surface area (Å²) in [5.74, 6) is -1.13. The van der Waals surface area contributed by atoms with Crippen LogP contribution in [0.2, 0.25) is 5.02 Å². The Hall–Kier alpha value is -4.14. The molecular formula is C30H31ClF3N9O2. The molecule has 0 bridgehead atoms. The number of aliphatic hydroxyl groups is 1. The van der Waals surface area contributed by atoms with E-state index >= 15 is 0 Å². The highest BCUT2D eigenvalue weighted by Crippen LogP contribution is 2.36. The lowest BCUT2D eigenvalue weighted by atomic mass is 9.96. The average Bonchev–Trinajstić information content (AvgIpc) is 3.57. The van der Waals surface area contributed by atoms with Gasteiger partial charge in [-0.1, -0.05) is 17.7 Å². The summed E-state index contributed by atoms with van der Waals surface area (Å²) in [7, 11) is 0. The summed E-state index contributed by atoms with van der Waals surface area (Å²) in [4.78, 5) is 32.3. The van der Waals surface area contributed by atoms with Crippen molar-refractivity contribution in [3.63, 3.8) is 0 Å². The lowest BCUT2D eigenvalue weighted by Crippen LogP contribution is -2.59. The molecule has 1 amide bonds. The Morgan fingerprint density at radius 2 is 1.91 bits per heavy atom. The molecule has 0 radical (unpaired) electrons. The van der Waals surface area contributed by atoms with Crippen LogP contribution in [-0.4, -0.2) is 71.5 Å². The van der Waals surface area contributed by atoms with Gasteiger partial charge in [-0.3, -0.25) is 14.5 Å². The monoisotopic (exact) mass is 641 g/mol. The average molecular weight is 642 g/mol. The van der Waals surface area contributed by atoms with E-state index in [1.165, 1.54) is 6.20 Å². The molecule has 1 aliphatic heterocycles. The maximum absolute atomic E-state index is 14.7. The first-order valence-electron chi connectivity index (χ1n) is 14.5. The van der Waals surface area contributed by atoms with Crippen LogP contribution in [0.5, 0.6) is 0 Å². The van der Waals surface area contributed by atoms with Crippen molar-refractivity contribution in [2.45, 2.75) is 63.3 Å². The minimum Gasteiger partial charge on any atom is -0.389 e. The standard InChI is InChI=1S/C30H31ClF3N9O2/c1-16(38-15-30(45)6-7-30)24-5-8-42(24)29-36-9-18(10-37-29)17(2)43-14-19(11-39-43)40-28(44)23-13-35-12-22(41-23)25-20(27(33)34)3-4-21(31)26(25)32/h3-4,9-14,16-17,24,27,38,45H,5-8,15H2,1-2H3,(H,40,44)/t16?,17?,24-/m0/s1. The van der Waals surface area contributed by atoms with Crippen molar-refractivity contribution in [2.24, 2.45) is 0 Å². The van der Waals surface area contributed by atoms with Crippen molar-refractivity contribution in [3.05, 3.63) is 77.0 Å². The van der Waals surface area contributed by atoms with Crippen LogP contribution in [0.4, 0.5) is 24.8 Å². The molecule has 0 spiro atoms. The molecule has 4 aromatic rings. The summed E-state index contributed by atoms with van der Waals surface area (Å²) in [5, 5.41) is 20.2. The predicted octanol–water partition coefficient (Wildman–Crippen LogP) is 4.80. The second-order valence-electron chi connectivity index (χ2n) is 11.5. The fourth-order valence-corrected chi connectivity index (χ4v) is 5.40. The topological polar surface area (TPSA) is 134 Å². The Morgan fingerprint density at radius 1 is 1.16 bits per heavy atom. The lowest BCUT2D eigenvalue weighted by Gasteiger charge is -2.44. The third kappa shape index (κ3) is 6.49. The Balaban J connectivity index is 1.10. The van der Waals surface area contributed by atoms with Crippen LogP contribution in [0.15, 0.2) is 49.3 Å². The van der Waals surface area contributed by atoms with Crippen LogP contribution in [0.25, 0.3) is 11.3 Å². The van der Waals surface area contributed by atoms with Crippen molar-refractivity contribution in [2.75, 3.05) is 23.3 Å². The molecule has 3 N–H and O–H groups in total. The van der Waals surface area contributed by atoms with E-state index in [9.17, 15) is 23.1 Å². The number of anilines is 2. The highest BCUT2D eigenvalue weighted by molar-refractivity contribution is 6.31. The number of benzene rings is 1. The summed E-state index contributed by atoms with van der Waals surface area (Å²) < 4.78 is 43.5. The largest absolute Gasteiger partial charge is 0.389 e. The molecule has 11 nitrogen and oxygen atoms in total. The van der Waals surface area contributed by atoms with Crippen LogP contribution >= 0.6 is 11.6 Å². The van der Waals surface area contributed by atoms with E-state index in [4.69, 9.17) is 11.6 Å². The zero-order valence-electron chi connectivity index (χ0n) is 24.5. The first-order chi connectivity index (χ1) is 21.5. The fraction of sp³-hybridized carbons (Fsp3) is 0.400. The molecular weight excluding hydrogens is 611 g/mol. The van der Waals surface area contributed by atoms with Gasteiger partial charge in [-0.05, 0) is 39.2 Å². The number of carbonyl (C=O) groups is 1. The Bertz CT molecular complexity index is 1700. The highest BCUT2D eigenvalue weighted by atomic mass is 35.5. The third-order valence-electron chi connectivity index (χ3n) is 8.36. The van der Waals surface area contributed by atoms with Crippen LogP contribution < -0.4 is 15.5 Å². The fourth-order valence-electron chi connectivity index (χ4n) is 5.24. The van der Waals surface area contributed by atoms with E-state index in [1.54, 1.807) is 23.3 Å². The maximum Gasteiger partial charge on any atom is 0.275 e. The van der Waals surface area contributed by atoms with Crippen molar-refractivity contribution >= 4 is 29.1 Å². The Labute approximate surface area is 261 Å². The SMILES string of the molecule is CC(NCC1(O)CC1)[C@@H]1CCN1c1ncc(C(C)n2cc(NC(=O)c3cncc(-c4c(C(F)F)ccc(Cl)c4F)n3)cn2)cn1. The molecule has 15 heteroatoms. The van der Waals surface area contributed by atoms with Gasteiger partial charge in [0, 0.05) is 60.5 Å². The number of hydrogen-bond acceptors (Lipinski definition) is 9. The molecule has 3 aromatic heterocycles. The summed E-state index contributed by atoms with van der Waals surface area (Å²) >= 11 is 5.82.